The van der Waals surface area contributed by atoms with Gasteiger partial charge in [0.25, 0.3) is 0 Å². The maximum atomic E-state index is 10.3. The Hall–Kier alpha value is -0.970. The molecule has 0 fully saturated rings. The molecule has 0 unspecified atom stereocenters. The van der Waals surface area contributed by atoms with Gasteiger partial charge in [0.15, 0.2) is 0 Å². The van der Waals surface area contributed by atoms with Gasteiger partial charge in [0, 0.05) is 12.8 Å². The Kier molecular flexibility index (Phi) is 27.5. The summed E-state index contributed by atoms with van der Waals surface area (Å²) in [6.07, 6.45) is 28.5. The molecule has 26 heavy (non-hydrogen) atoms. The number of carboxylic acids is 1. The summed E-state index contributed by atoms with van der Waals surface area (Å²) in [6, 6.07) is 0. The minimum absolute atomic E-state index is 0.344. The highest BCUT2D eigenvalue weighted by atomic mass is 16.4. The lowest BCUT2D eigenvalue weighted by molar-refractivity contribution is -0.137. The highest BCUT2D eigenvalue weighted by molar-refractivity contribution is 5.66. The normalized spacial score (nSPS) is 10.0. The number of aliphatic carboxylic acids is 1. The summed E-state index contributed by atoms with van der Waals surface area (Å²) in [4.78, 5) is 10.3. The molecule has 2 nitrogen and oxygen atoms in total. The monoisotopic (exact) mass is 366 g/mol. The molecule has 0 bridgehead atoms. The van der Waals surface area contributed by atoms with Gasteiger partial charge < -0.3 is 5.11 Å². The maximum absolute atomic E-state index is 10.3. The zero-order chi connectivity index (χ0) is 19.7. The zero-order valence-electron chi connectivity index (χ0n) is 17.9. The predicted octanol–water partition coefficient (Wildman–Crippen LogP) is 8.14. The molecule has 0 amide bonds. The molecule has 0 aliphatic rings. The van der Waals surface area contributed by atoms with Crippen molar-refractivity contribution in [2.45, 2.75) is 136 Å². The minimum atomic E-state index is -0.657. The van der Waals surface area contributed by atoms with Crippen LogP contribution in [0.5, 0.6) is 0 Å². The number of hydrogen-bond acceptors (Lipinski definition) is 1. The Labute approximate surface area is 164 Å². The molecule has 0 rings (SSSR count). The fraction of sp³-hybridized carbons (Fsp3) is 0.875. The first-order valence-electron chi connectivity index (χ1n) is 11.3. The van der Waals surface area contributed by atoms with Crippen LogP contribution in [0.1, 0.15) is 136 Å². The summed E-state index contributed by atoms with van der Waals surface area (Å²) < 4.78 is 0. The second-order valence-electron chi connectivity index (χ2n) is 7.40. The van der Waals surface area contributed by atoms with Crippen molar-refractivity contribution >= 4 is 5.97 Å². The Balaban J connectivity index is 0. The Morgan fingerprint density at radius 3 is 1.35 bits per heavy atom. The van der Waals surface area contributed by atoms with Gasteiger partial charge in [0.1, 0.15) is 0 Å². The number of terminal acetylenes is 1. The van der Waals surface area contributed by atoms with Gasteiger partial charge in [-0.15, -0.1) is 12.3 Å². The second-order valence-corrected chi connectivity index (χ2v) is 7.40. The van der Waals surface area contributed by atoms with Crippen LogP contribution in [0.4, 0.5) is 0 Å². The molecule has 0 aromatic rings. The summed E-state index contributed by atoms with van der Waals surface area (Å²) in [5.41, 5.74) is 0. The van der Waals surface area contributed by atoms with E-state index >= 15 is 0 Å². The largest absolute Gasteiger partial charge is 0.481 e. The fourth-order valence-electron chi connectivity index (χ4n) is 2.95. The lowest BCUT2D eigenvalue weighted by Gasteiger charge is -2.01. The molecule has 0 saturated heterocycles. The van der Waals surface area contributed by atoms with Crippen molar-refractivity contribution in [2.24, 2.45) is 0 Å². The average molecular weight is 367 g/mol. The topological polar surface area (TPSA) is 37.3 Å². The van der Waals surface area contributed by atoms with Gasteiger partial charge in [-0.1, -0.05) is 110 Å². The summed E-state index contributed by atoms with van der Waals surface area (Å²) in [6.45, 7) is 4.48. The van der Waals surface area contributed by atoms with Crippen LogP contribution >= 0.6 is 0 Å². The molecule has 0 aliphatic carbocycles. The Morgan fingerprint density at radius 1 is 0.654 bits per heavy atom. The molecule has 2 heteroatoms. The first-order valence-corrected chi connectivity index (χ1v) is 11.3. The molecule has 0 aliphatic heterocycles. The number of rotatable bonds is 18. The first kappa shape index (κ1) is 27.3. The highest BCUT2D eigenvalue weighted by Crippen LogP contribution is 2.11. The third-order valence-corrected chi connectivity index (χ3v) is 4.67. The molecular weight excluding hydrogens is 320 g/mol. The molecule has 154 valence electrons. The van der Waals surface area contributed by atoms with E-state index in [0.717, 1.165) is 19.3 Å². The SMILES string of the molecule is C#CCCCCCCCC.CCCCCCCCCCCCCC(=O)O. The smallest absolute Gasteiger partial charge is 0.303 e. The van der Waals surface area contributed by atoms with E-state index in [-0.39, 0.29) is 0 Å². The maximum Gasteiger partial charge on any atom is 0.303 e. The molecule has 0 heterocycles. The van der Waals surface area contributed by atoms with E-state index in [4.69, 9.17) is 11.5 Å². The number of carbonyl (C=O) groups is 1. The second kappa shape index (κ2) is 26.3. The van der Waals surface area contributed by atoms with Gasteiger partial charge in [0.2, 0.25) is 0 Å². The fourth-order valence-corrected chi connectivity index (χ4v) is 2.95. The highest BCUT2D eigenvalue weighted by Gasteiger charge is 1.96. The standard InChI is InChI=1S/C14H28O2.C10H18/c1-2-3-4-5-6-7-8-9-10-11-12-13-14(15)16;1-3-5-7-9-10-8-6-4-2/h2-13H2,1H3,(H,15,16);1H,4-10H2,2H3. The average Bonchev–Trinajstić information content (AvgIpc) is 2.63. The van der Waals surface area contributed by atoms with E-state index in [1.54, 1.807) is 0 Å². The van der Waals surface area contributed by atoms with Gasteiger partial charge in [-0.05, 0) is 12.8 Å². The summed E-state index contributed by atoms with van der Waals surface area (Å²) in [5.74, 6) is 2.00. The minimum Gasteiger partial charge on any atom is -0.481 e. The van der Waals surface area contributed by atoms with E-state index in [1.165, 1.54) is 96.3 Å². The van der Waals surface area contributed by atoms with E-state index in [2.05, 4.69) is 19.8 Å². The van der Waals surface area contributed by atoms with Crippen LogP contribution in [0.15, 0.2) is 0 Å². The van der Waals surface area contributed by atoms with Crippen molar-refractivity contribution in [3.05, 3.63) is 0 Å². The molecule has 0 aromatic heterocycles. The zero-order valence-corrected chi connectivity index (χ0v) is 17.9. The third-order valence-electron chi connectivity index (χ3n) is 4.67. The third kappa shape index (κ3) is 30.9. The van der Waals surface area contributed by atoms with Gasteiger partial charge in [-0.25, -0.2) is 0 Å². The summed E-state index contributed by atoms with van der Waals surface area (Å²) >= 11 is 0. The van der Waals surface area contributed by atoms with Crippen LogP contribution < -0.4 is 0 Å². The lowest BCUT2D eigenvalue weighted by atomic mass is 10.1. The van der Waals surface area contributed by atoms with Crippen molar-refractivity contribution in [2.75, 3.05) is 0 Å². The summed E-state index contributed by atoms with van der Waals surface area (Å²) in [7, 11) is 0. The first-order chi connectivity index (χ1) is 12.7. The quantitative estimate of drug-likeness (QED) is 0.196. The van der Waals surface area contributed by atoms with E-state index in [0.29, 0.717) is 6.42 Å². The van der Waals surface area contributed by atoms with Crippen molar-refractivity contribution in [3.63, 3.8) is 0 Å². The van der Waals surface area contributed by atoms with Crippen LogP contribution in [0.25, 0.3) is 0 Å². The molecule has 1 N–H and O–H groups in total. The molecule has 0 aromatic carbocycles. The van der Waals surface area contributed by atoms with Gasteiger partial charge in [0.05, 0.1) is 0 Å². The molecular formula is C24H46O2. The van der Waals surface area contributed by atoms with Crippen LogP contribution in [0.2, 0.25) is 0 Å². The molecule has 0 radical (unpaired) electrons. The van der Waals surface area contributed by atoms with Crippen molar-refractivity contribution in [1.29, 1.82) is 0 Å². The molecule has 0 atom stereocenters. The van der Waals surface area contributed by atoms with Gasteiger partial charge in [-0.3, -0.25) is 4.79 Å². The molecule has 0 saturated carbocycles. The van der Waals surface area contributed by atoms with Crippen molar-refractivity contribution in [1.82, 2.24) is 0 Å². The van der Waals surface area contributed by atoms with Crippen LogP contribution in [-0.4, -0.2) is 11.1 Å². The van der Waals surface area contributed by atoms with Gasteiger partial charge >= 0.3 is 5.97 Å². The van der Waals surface area contributed by atoms with E-state index < -0.39 is 5.97 Å². The molecule has 0 spiro atoms. The lowest BCUT2D eigenvalue weighted by Crippen LogP contribution is -1.93. The van der Waals surface area contributed by atoms with Crippen molar-refractivity contribution < 1.29 is 9.90 Å². The van der Waals surface area contributed by atoms with Crippen LogP contribution in [0.3, 0.4) is 0 Å². The Bertz CT molecular complexity index is 304. The van der Waals surface area contributed by atoms with E-state index in [9.17, 15) is 4.79 Å². The summed E-state index contributed by atoms with van der Waals surface area (Å²) in [5, 5.41) is 8.46. The van der Waals surface area contributed by atoms with E-state index in [1.807, 2.05) is 0 Å². The van der Waals surface area contributed by atoms with Crippen LogP contribution in [-0.2, 0) is 4.79 Å². The van der Waals surface area contributed by atoms with Crippen LogP contribution in [0, 0.1) is 12.3 Å². The van der Waals surface area contributed by atoms with Crippen molar-refractivity contribution in [3.8, 4) is 12.3 Å². The number of unbranched alkanes of at least 4 members (excludes halogenated alkanes) is 16. The predicted molar refractivity (Wildman–Crippen MR) is 116 cm³/mol. The number of hydrogen-bond donors (Lipinski definition) is 1. The van der Waals surface area contributed by atoms with Gasteiger partial charge in [-0.2, -0.15) is 0 Å². The Morgan fingerprint density at radius 2 is 1.00 bits per heavy atom. The number of carboxylic acid groups (broad SMARTS) is 1.